The van der Waals surface area contributed by atoms with E-state index in [1.165, 1.54) is 23.5 Å². The van der Waals surface area contributed by atoms with Crippen molar-refractivity contribution in [3.05, 3.63) is 23.8 Å². The predicted octanol–water partition coefficient (Wildman–Crippen LogP) is 1.61. The van der Waals surface area contributed by atoms with Gasteiger partial charge in [-0.05, 0) is 32.0 Å². The summed E-state index contributed by atoms with van der Waals surface area (Å²) in [6, 6.07) is 4.40. The van der Waals surface area contributed by atoms with Gasteiger partial charge in [0, 0.05) is 18.2 Å². The Hall–Kier alpha value is -1.11. The second kappa shape index (κ2) is 6.36. The van der Waals surface area contributed by atoms with Gasteiger partial charge in [0.05, 0.1) is 18.6 Å². The van der Waals surface area contributed by atoms with Crippen LogP contribution in [0.3, 0.4) is 0 Å². The van der Waals surface area contributed by atoms with Crippen molar-refractivity contribution in [3.8, 4) is 5.75 Å². The van der Waals surface area contributed by atoms with Crippen LogP contribution in [0.1, 0.15) is 26.3 Å². The average molecular weight is 287 g/mol. The van der Waals surface area contributed by atoms with Gasteiger partial charge in [-0.25, -0.2) is 8.42 Å². The Morgan fingerprint density at radius 3 is 2.42 bits per heavy atom. The monoisotopic (exact) mass is 287 g/mol. The van der Waals surface area contributed by atoms with E-state index in [9.17, 15) is 13.5 Å². The molecule has 0 bridgehead atoms. The lowest BCUT2D eigenvalue weighted by Gasteiger charge is -2.24. The minimum Gasteiger partial charge on any atom is -0.496 e. The first kappa shape index (κ1) is 15.9. The molecule has 1 aromatic carbocycles. The number of sulfonamides is 1. The van der Waals surface area contributed by atoms with Crippen LogP contribution in [0, 0.1) is 0 Å². The Kier molecular flexibility index (Phi) is 5.34. The minimum atomic E-state index is -3.54. The number of benzene rings is 1. The molecule has 0 heterocycles. The largest absolute Gasteiger partial charge is 0.496 e. The van der Waals surface area contributed by atoms with Gasteiger partial charge in [-0.15, -0.1) is 0 Å². The van der Waals surface area contributed by atoms with Crippen molar-refractivity contribution in [2.75, 3.05) is 13.7 Å². The van der Waals surface area contributed by atoms with Gasteiger partial charge in [0.2, 0.25) is 10.0 Å². The number of aliphatic hydroxyl groups excluding tert-OH is 1. The van der Waals surface area contributed by atoms with Gasteiger partial charge >= 0.3 is 0 Å². The Morgan fingerprint density at radius 2 is 2.00 bits per heavy atom. The molecule has 0 aliphatic heterocycles. The summed E-state index contributed by atoms with van der Waals surface area (Å²) in [7, 11) is -2.06. The van der Waals surface area contributed by atoms with Crippen LogP contribution in [0.5, 0.6) is 5.75 Å². The summed E-state index contributed by atoms with van der Waals surface area (Å²) in [5.41, 5.74) is 0.461. The Balaban J connectivity index is 3.29. The number of aliphatic hydroxyl groups is 1. The smallest absolute Gasteiger partial charge is 0.243 e. The Labute approximate surface area is 114 Å². The van der Waals surface area contributed by atoms with Crippen molar-refractivity contribution in [2.45, 2.75) is 38.3 Å². The summed E-state index contributed by atoms with van der Waals surface area (Å²) in [5.74, 6) is 0.481. The lowest BCUT2D eigenvalue weighted by atomic mass is 10.2. The molecule has 0 fully saturated rings. The standard InChI is InChI=1S/C13H21NO4S/c1-5-14(10(2)3)19(16,17)12-6-7-13(18-4)11(8-12)9-15/h6-8,10,15H,5,9H2,1-4H3. The molecular weight excluding hydrogens is 266 g/mol. The highest BCUT2D eigenvalue weighted by Crippen LogP contribution is 2.25. The van der Waals surface area contributed by atoms with E-state index in [1.807, 2.05) is 13.8 Å². The van der Waals surface area contributed by atoms with Crippen molar-refractivity contribution in [1.82, 2.24) is 4.31 Å². The second-order valence-electron chi connectivity index (χ2n) is 4.43. The topological polar surface area (TPSA) is 66.8 Å². The predicted molar refractivity (Wildman–Crippen MR) is 73.6 cm³/mol. The van der Waals surface area contributed by atoms with Crippen LogP contribution < -0.4 is 4.74 Å². The molecule has 1 rings (SSSR count). The molecular formula is C13H21NO4S. The van der Waals surface area contributed by atoms with E-state index in [0.717, 1.165) is 0 Å². The molecule has 0 atom stereocenters. The molecule has 0 saturated heterocycles. The van der Waals surface area contributed by atoms with Gasteiger partial charge in [-0.3, -0.25) is 0 Å². The van der Waals surface area contributed by atoms with Gasteiger partial charge in [0.15, 0.2) is 0 Å². The number of hydrogen-bond acceptors (Lipinski definition) is 4. The zero-order valence-corrected chi connectivity index (χ0v) is 12.6. The fourth-order valence-corrected chi connectivity index (χ4v) is 3.68. The van der Waals surface area contributed by atoms with Gasteiger partial charge in [-0.2, -0.15) is 4.31 Å². The van der Waals surface area contributed by atoms with Crippen LogP contribution in [0.25, 0.3) is 0 Å². The first-order valence-corrected chi connectivity index (χ1v) is 7.62. The zero-order valence-electron chi connectivity index (χ0n) is 11.8. The van der Waals surface area contributed by atoms with E-state index in [4.69, 9.17) is 4.74 Å². The molecule has 19 heavy (non-hydrogen) atoms. The maximum absolute atomic E-state index is 12.5. The fourth-order valence-electron chi connectivity index (χ4n) is 1.99. The van der Waals surface area contributed by atoms with E-state index in [2.05, 4.69) is 0 Å². The lowest BCUT2D eigenvalue weighted by molar-refractivity contribution is 0.273. The van der Waals surface area contributed by atoms with Gasteiger partial charge in [0.25, 0.3) is 0 Å². The fraction of sp³-hybridized carbons (Fsp3) is 0.538. The summed E-state index contributed by atoms with van der Waals surface area (Å²) in [6.07, 6.45) is 0. The summed E-state index contributed by atoms with van der Waals surface area (Å²) in [5, 5.41) is 9.26. The quantitative estimate of drug-likeness (QED) is 0.863. The molecule has 6 heteroatoms. The molecule has 0 aliphatic rings. The summed E-state index contributed by atoms with van der Waals surface area (Å²) < 4.78 is 31.4. The Bertz CT molecular complexity index is 525. The summed E-state index contributed by atoms with van der Waals surface area (Å²) in [4.78, 5) is 0.174. The van der Waals surface area contributed by atoms with Crippen molar-refractivity contribution >= 4 is 10.0 Å². The molecule has 0 saturated carbocycles. The number of nitrogens with zero attached hydrogens (tertiary/aromatic N) is 1. The van der Waals surface area contributed by atoms with Gasteiger partial charge < -0.3 is 9.84 Å². The lowest BCUT2D eigenvalue weighted by Crippen LogP contribution is -2.36. The maximum atomic E-state index is 12.5. The van der Waals surface area contributed by atoms with E-state index in [1.54, 1.807) is 13.0 Å². The molecule has 0 aliphatic carbocycles. The first-order valence-electron chi connectivity index (χ1n) is 6.18. The van der Waals surface area contributed by atoms with Gasteiger partial charge in [0.1, 0.15) is 5.75 Å². The van der Waals surface area contributed by atoms with Crippen molar-refractivity contribution in [2.24, 2.45) is 0 Å². The number of hydrogen-bond donors (Lipinski definition) is 1. The third kappa shape index (κ3) is 3.26. The summed E-state index contributed by atoms with van der Waals surface area (Å²) >= 11 is 0. The number of ether oxygens (including phenoxy) is 1. The first-order chi connectivity index (χ1) is 8.88. The zero-order chi connectivity index (χ0) is 14.6. The van der Waals surface area contributed by atoms with Crippen LogP contribution in [0.2, 0.25) is 0 Å². The SMILES string of the molecule is CCN(C(C)C)S(=O)(=O)c1ccc(OC)c(CO)c1. The molecule has 0 aromatic heterocycles. The highest BCUT2D eigenvalue weighted by molar-refractivity contribution is 7.89. The van der Waals surface area contributed by atoms with E-state index in [-0.39, 0.29) is 17.5 Å². The van der Waals surface area contributed by atoms with E-state index in [0.29, 0.717) is 17.9 Å². The number of rotatable bonds is 6. The van der Waals surface area contributed by atoms with Crippen molar-refractivity contribution in [1.29, 1.82) is 0 Å². The molecule has 0 amide bonds. The molecule has 108 valence electrons. The Morgan fingerprint density at radius 1 is 1.37 bits per heavy atom. The summed E-state index contributed by atoms with van der Waals surface area (Å²) in [6.45, 7) is 5.60. The van der Waals surface area contributed by atoms with E-state index < -0.39 is 10.0 Å². The molecule has 0 spiro atoms. The van der Waals surface area contributed by atoms with Crippen molar-refractivity contribution < 1.29 is 18.3 Å². The molecule has 0 unspecified atom stereocenters. The minimum absolute atomic E-state index is 0.116. The van der Waals surface area contributed by atoms with Crippen LogP contribution in [0.15, 0.2) is 23.1 Å². The van der Waals surface area contributed by atoms with Crippen LogP contribution in [0.4, 0.5) is 0 Å². The van der Waals surface area contributed by atoms with Crippen LogP contribution in [-0.2, 0) is 16.6 Å². The highest BCUT2D eigenvalue weighted by Gasteiger charge is 2.26. The molecule has 1 N–H and O–H groups in total. The van der Waals surface area contributed by atoms with Gasteiger partial charge in [-0.1, -0.05) is 6.92 Å². The molecule has 1 aromatic rings. The van der Waals surface area contributed by atoms with E-state index >= 15 is 0 Å². The number of methoxy groups -OCH3 is 1. The third-order valence-corrected chi connectivity index (χ3v) is 5.06. The van der Waals surface area contributed by atoms with Crippen molar-refractivity contribution in [3.63, 3.8) is 0 Å². The molecule has 5 nitrogen and oxygen atoms in total. The average Bonchev–Trinajstić information content (AvgIpc) is 2.37. The normalized spacial score (nSPS) is 12.2. The third-order valence-electron chi connectivity index (χ3n) is 2.92. The van der Waals surface area contributed by atoms with Crippen LogP contribution >= 0.6 is 0 Å². The van der Waals surface area contributed by atoms with Crippen LogP contribution in [-0.4, -0.2) is 37.5 Å². The molecule has 0 radical (unpaired) electrons. The second-order valence-corrected chi connectivity index (χ2v) is 6.32. The highest BCUT2D eigenvalue weighted by atomic mass is 32.2. The maximum Gasteiger partial charge on any atom is 0.243 e.